The minimum Gasteiger partial charge on any atom is -0.457 e. The fourth-order valence-corrected chi connectivity index (χ4v) is 8.99. The minimum atomic E-state index is -1.70. The number of aliphatic hydroxyl groups excluding tert-OH is 7. The van der Waals surface area contributed by atoms with Gasteiger partial charge in [-0.2, -0.15) is 0 Å². The van der Waals surface area contributed by atoms with Crippen molar-refractivity contribution in [2.24, 2.45) is 0 Å². The average molecular weight is 975 g/mol. The lowest BCUT2D eigenvalue weighted by molar-refractivity contribution is -0.332. The molecule has 0 spiro atoms. The summed E-state index contributed by atoms with van der Waals surface area (Å²) in [6.07, 6.45) is 28.5. The molecule has 2 aliphatic heterocycles. The highest BCUT2D eigenvalue weighted by Gasteiger charge is 2.47. The molecule has 7 N–H and O–H groups in total. The van der Waals surface area contributed by atoms with Crippen LogP contribution in [0.3, 0.4) is 0 Å². The third-order valence-corrected chi connectivity index (χ3v) is 13.5. The molecule has 11 unspecified atom stereocenters. The van der Waals surface area contributed by atoms with Gasteiger partial charge in [-0.25, -0.2) is 0 Å². The third kappa shape index (κ3) is 29.3. The molecule has 14 nitrogen and oxygen atoms in total. The first-order valence-electron chi connectivity index (χ1n) is 27.8. The molecular weight excluding hydrogens is 873 g/mol. The summed E-state index contributed by atoms with van der Waals surface area (Å²) < 4.78 is 34.3. The second kappa shape index (κ2) is 42.3. The molecule has 2 saturated heterocycles. The maximum atomic E-state index is 13.0. The topological polar surface area (TPSA) is 214 Å². The number of hydrogen-bond donors (Lipinski definition) is 7. The molecule has 0 saturated carbocycles. The number of esters is 1. The van der Waals surface area contributed by atoms with Crippen LogP contribution >= 0.6 is 0 Å². The number of unbranched alkanes of at least 4 members (excludes halogenated alkanes) is 29. The van der Waals surface area contributed by atoms with Crippen LogP contribution in [0.15, 0.2) is 12.2 Å². The van der Waals surface area contributed by atoms with Crippen molar-refractivity contribution in [1.82, 2.24) is 0 Å². The summed E-state index contributed by atoms with van der Waals surface area (Å²) in [4.78, 5) is 13.0. The van der Waals surface area contributed by atoms with Crippen molar-refractivity contribution in [2.75, 3.05) is 33.0 Å². The van der Waals surface area contributed by atoms with Crippen molar-refractivity contribution in [2.45, 2.75) is 293 Å². The van der Waals surface area contributed by atoms with E-state index < -0.39 is 80.7 Å². The summed E-state index contributed by atoms with van der Waals surface area (Å²) >= 11 is 0. The smallest absolute Gasteiger partial charge is 0.306 e. The first-order chi connectivity index (χ1) is 33.1. The van der Waals surface area contributed by atoms with E-state index in [0.717, 1.165) is 44.9 Å². The van der Waals surface area contributed by atoms with Crippen molar-refractivity contribution in [3.8, 4) is 0 Å². The second-order valence-electron chi connectivity index (χ2n) is 19.8. The van der Waals surface area contributed by atoms with Crippen molar-refractivity contribution >= 4 is 5.97 Å². The lowest BCUT2D eigenvalue weighted by atomic mass is 9.98. The summed E-state index contributed by atoms with van der Waals surface area (Å²) in [6, 6.07) is 0. The van der Waals surface area contributed by atoms with Gasteiger partial charge in [0.05, 0.1) is 26.4 Å². The van der Waals surface area contributed by atoms with Crippen LogP contribution in [0.4, 0.5) is 0 Å². The van der Waals surface area contributed by atoms with Crippen molar-refractivity contribution in [3.05, 3.63) is 12.2 Å². The van der Waals surface area contributed by atoms with E-state index in [9.17, 15) is 40.5 Å². The van der Waals surface area contributed by atoms with Crippen molar-refractivity contribution < 1.29 is 69.0 Å². The van der Waals surface area contributed by atoms with E-state index in [1.54, 1.807) is 0 Å². The number of carbonyl (C=O) groups excluding carboxylic acids is 1. The fourth-order valence-electron chi connectivity index (χ4n) is 8.99. The number of hydrogen-bond acceptors (Lipinski definition) is 14. The Morgan fingerprint density at radius 1 is 0.471 bits per heavy atom. The Bertz CT molecular complexity index is 1180. The number of ether oxygens (including phenoxy) is 6. The maximum absolute atomic E-state index is 13.0. The molecule has 0 radical (unpaired) electrons. The van der Waals surface area contributed by atoms with E-state index >= 15 is 0 Å². The Hall–Kier alpha value is -1.27. The number of aliphatic hydroxyl groups is 7. The van der Waals surface area contributed by atoms with E-state index in [0.29, 0.717) is 13.0 Å². The normalized spacial score (nSPS) is 25.9. The Balaban J connectivity index is 1.71. The van der Waals surface area contributed by atoms with Crippen LogP contribution in [0, 0.1) is 0 Å². The standard InChI is InChI=1S/C54H102O14/c1-3-5-7-9-11-13-15-17-18-19-20-21-22-23-24-25-27-29-31-33-35-37-46(56)66-43(40-63-38-36-34-32-30-28-26-16-14-12-10-8-6-4-2)41-64-53-52(62)50(60)48(58)45(68-53)42-65-54-51(61)49(59)47(57)44(39-55)67-54/h12,14,43-45,47-55,57-62H,3-11,13,15-42H2,1-2H3/b14-12-. The zero-order valence-electron chi connectivity index (χ0n) is 42.9. The zero-order valence-corrected chi connectivity index (χ0v) is 42.9. The molecule has 14 heteroatoms. The van der Waals surface area contributed by atoms with E-state index in [4.69, 9.17) is 28.4 Å². The van der Waals surface area contributed by atoms with Gasteiger partial charge in [0.15, 0.2) is 12.6 Å². The lowest BCUT2D eigenvalue weighted by Crippen LogP contribution is -2.61. The first-order valence-corrected chi connectivity index (χ1v) is 27.8. The predicted molar refractivity (Wildman–Crippen MR) is 266 cm³/mol. The Kier molecular flexibility index (Phi) is 39.1. The molecule has 2 fully saturated rings. The van der Waals surface area contributed by atoms with Crippen LogP contribution in [0.2, 0.25) is 0 Å². The molecule has 2 heterocycles. The van der Waals surface area contributed by atoms with Gasteiger partial charge in [-0.05, 0) is 38.5 Å². The SMILES string of the molecule is CCCCC/C=C\CCCCCCCCOCC(COC1OC(COC2OC(CO)C(O)C(O)C2O)C(O)C(O)C1O)OC(=O)CCCCCCCCCCCCCCCCCCCCCCC. The van der Waals surface area contributed by atoms with Gasteiger partial charge in [0.25, 0.3) is 0 Å². The summed E-state index contributed by atoms with van der Waals surface area (Å²) in [7, 11) is 0. The molecular formula is C54H102O14. The van der Waals surface area contributed by atoms with Gasteiger partial charge in [0, 0.05) is 13.0 Å². The quantitative estimate of drug-likeness (QED) is 0.0172. The molecule has 2 aliphatic rings. The van der Waals surface area contributed by atoms with E-state index in [1.165, 1.54) is 154 Å². The van der Waals surface area contributed by atoms with E-state index in [2.05, 4.69) is 26.0 Å². The summed E-state index contributed by atoms with van der Waals surface area (Å²) in [5, 5.41) is 72.2. The van der Waals surface area contributed by atoms with Gasteiger partial charge >= 0.3 is 5.97 Å². The van der Waals surface area contributed by atoms with E-state index in [1.807, 2.05) is 0 Å². The molecule has 68 heavy (non-hydrogen) atoms. The molecule has 0 aromatic carbocycles. The van der Waals surface area contributed by atoms with Crippen molar-refractivity contribution in [1.29, 1.82) is 0 Å². The number of rotatable bonds is 45. The molecule has 11 atom stereocenters. The monoisotopic (exact) mass is 975 g/mol. The Labute approximate surface area is 412 Å². The van der Waals surface area contributed by atoms with Gasteiger partial charge in [-0.15, -0.1) is 0 Å². The first kappa shape index (κ1) is 62.8. The average Bonchev–Trinajstić information content (AvgIpc) is 3.33. The van der Waals surface area contributed by atoms with Crippen LogP contribution in [-0.2, 0) is 33.2 Å². The number of carbonyl (C=O) groups is 1. The molecule has 2 rings (SSSR count). The highest BCUT2D eigenvalue weighted by molar-refractivity contribution is 5.69. The molecule has 0 aromatic heterocycles. The molecule has 0 aliphatic carbocycles. The summed E-state index contributed by atoms with van der Waals surface area (Å²) in [5.74, 6) is -0.373. The zero-order chi connectivity index (χ0) is 49.5. The van der Waals surface area contributed by atoms with Crippen LogP contribution < -0.4 is 0 Å². The lowest BCUT2D eigenvalue weighted by Gasteiger charge is -2.42. The van der Waals surface area contributed by atoms with Crippen LogP contribution in [0.5, 0.6) is 0 Å². The fraction of sp³-hybridized carbons (Fsp3) is 0.944. The minimum absolute atomic E-state index is 0.0628. The van der Waals surface area contributed by atoms with Gasteiger partial charge < -0.3 is 64.2 Å². The van der Waals surface area contributed by atoms with Gasteiger partial charge in [0.1, 0.15) is 54.9 Å². The molecule has 402 valence electrons. The van der Waals surface area contributed by atoms with Crippen molar-refractivity contribution in [3.63, 3.8) is 0 Å². The van der Waals surface area contributed by atoms with Crippen LogP contribution in [0.1, 0.15) is 226 Å². The maximum Gasteiger partial charge on any atom is 0.306 e. The molecule has 0 amide bonds. The predicted octanol–water partition coefficient (Wildman–Crippen LogP) is 9.02. The Morgan fingerprint density at radius 3 is 1.37 bits per heavy atom. The van der Waals surface area contributed by atoms with E-state index in [-0.39, 0.29) is 25.6 Å². The van der Waals surface area contributed by atoms with Crippen LogP contribution in [0.25, 0.3) is 0 Å². The van der Waals surface area contributed by atoms with Gasteiger partial charge in [0.2, 0.25) is 0 Å². The highest BCUT2D eigenvalue weighted by atomic mass is 16.7. The highest BCUT2D eigenvalue weighted by Crippen LogP contribution is 2.27. The van der Waals surface area contributed by atoms with Gasteiger partial charge in [-0.3, -0.25) is 4.79 Å². The van der Waals surface area contributed by atoms with Gasteiger partial charge in [-0.1, -0.05) is 193 Å². The second-order valence-corrected chi connectivity index (χ2v) is 19.8. The summed E-state index contributed by atoms with van der Waals surface area (Å²) in [5.41, 5.74) is 0. The summed E-state index contributed by atoms with van der Waals surface area (Å²) in [6.45, 7) is 3.69. The molecule has 0 bridgehead atoms. The van der Waals surface area contributed by atoms with Crippen LogP contribution in [-0.4, -0.2) is 142 Å². The number of allylic oxidation sites excluding steroid dienone is 2. The Morgan fingerprint density at radius 2 is 0.868 bits per heavy atom. The third-order valence-electron chi connectivity index (χ3n) is 13.5. The molecule has 0 aromatic rings. The largest absolute Gasteiger partial charge is 0.457 e.